The van der Waals surface area contributed by atoms with E-state index in [1.54, 1.807) is 4.90 Å². The van der Waals surface area contributed by atoms with Crippen molar-refractivity contribution in [3.63, 3.8) is 0 Å². The standard InChI is InChI=1S/C27H30ClN7O2S/c1-17-31-22(15-23(32-17)34-11-13-35(14-12-34)26(36)37-27(2,3)4)33-25-30-16-19(38-25)7-5-18-6-8-21(28)24-20(18)9-10-29-24/h5-10,15-16,29H,11-14H2,1-4H3,(H,30,31,32,33)/b7-5+. The van der Waals surface area contributed by atoms with Gasteiger partial charge in [0.25, 0.3) is 0 Å². The Morgan fingerprint density at radius 2 is 1.95 bits per heavy atom. The van der Waals surface area contributed by atoms with Gasteiger partial charge < -0.3 is 24.8 Å². The van der Waals surface area contributed by atoms with Crippen molar-refractivity contribution in [3.8, 4) is 0 Å². The topological polar surface area (TPSA) is 99.3 Å². The number of anilines is 3. The second kappa shape index (κ2) is 10.6. The van der Waals surface area contributed by atoms with Gasteiger partial charge in [-0.05, 0) is 51.5 Å². The van der Waals surface area contributed by atoms with E-state index in [9.17, 15) is 4.79 Å². The molecule has 2 N–H and O–H groups in total. The first kappa shape index (κ1) is 26.0. The summed E-state index contributed by atoms with van der Waals surface area (Å²) in [4.78, 5) is 34.2. The molecule has 1 aliphatic heterocycles. The molecule has 0 unspecified atom stereocenters. The van der Waals surface area contributed by atoms with E-state index >= 15 is 0 Å². The van der Waals surface area contributed by atoms with Gasteiger partial charge in [-0.25, -0.2) is 19.7 Å². The van der Waals surface area contributed by atoms with Gasteiger partial charge >= 0.3 is 6.09 Å². The zero-order chi connectivity index (χ0) is 26.9. The Labute approximate surface area is 230 Å². The van der Waals surface area contributed by atoms with E-state index in [1.807, 2.05) is 70.4 Å². The first-order valence-corrected chi connectivity index (χ1v) is 13.6. The molecule has 0 saturated carbocycles. The zero-order valence-electron chi connectivity index (χ0n) is 21.8. The molecular weight excluding hydrogens is 522 g/mol. The third kappa shape index (κ3) is 6.08. The summed E-state index contributed by atoms with van der Waals surface area (Å²) < 4.78 is 5.50. The summed E-state index contributed by atoms with van der Waals surface area (Å²) in [6.07, 6.45) is 7.55. The molecule has 3 aromatic heterocycles. The Bertz CT molecular complexity index is 1480. The van der Waals surface area contributed by atoms with Crippen LogP contribution in [0.4, 0.5) is 21.6 Å². The Morgan fingerprint density at radius 1 is 1.16 bits per heavy atom. The average Bonchev–Trinajstić information content (AvgIpc) is 3.53. The van der Waals surface area contributed by atoms with Gasteiger partial charge in [-0.1, -0.05) is 35.1 Å². The van der Waals surface area contributed by atoms with Crippen molar-refractivity contribution in [3.05, 3.63) is 57.9 Å². The fraction of sp³-hybridized carbons (Fsp3) is 0.333. The van der Waals surface area contributed by atoms with Gasteiger partial charge in [0.1, 0.15) is 23.1 Å². The van der Waals surface area contributed by atoms with Crippen LogP contribution in [-0.2, 0) is 4.74 Å². The lowest BCUT2D eigenvalue weighted by molar-refractivity contribution is 0.0240. The lowest BCUT2D eigenvalue weighted by atomic mass is 10.1. The number of aromatic amines is 1. The van der Waals surface area contributed by atoms with Crippen LogP contribution in [0, 0.1) is 6.92 Å². The van der Waals surface area contributed by atoms with E-state index < -0.39 is 5.60 Å². The van der Waals surface area contributed by atoms with E-state index in [4.69, 9.17) is 16.3 Å². The number of hydrogen-bond acceptors (Lipinski definition) is 8. The fourth-order valence-electron chi connectivity index (χ4n) is 4.21. The number of H-pyrrole nitrogens is 1. The highest BCUT2D eigenvalue weighted by atomic mass is 35.5. The predicted molar refractivity (Wildman–Crippen MR) is 154 cm³/mol. The largest absolute Gasteiger partial charge is 0.444 e. The Balaban J connectivity index is 1.24. The van der Waals surface area contributed by atoms with Crippen molar-refractivity contribution in [2.75, 3.05) is 36.4 Å². The molecule has 11 heteroatoms. The van der Waals surface area contributed by atoms with E-state index in [0.29, 0.717) is 42.8 Å². The smallest absolute Gasteiger partial charge is 0.410 e. The number of nitrogens with one attached hydrogen (secondary N) is 2. The lowest BCUT2D eigenvalue weighted by Crippen LogP contribution is -2.50. The quantitative estimate of drug-likeness (QED) is 0.298. The number of carbonyl (C=O) groups excluding carboxylic acids is 1. The maximum Gasteiger partial charge on any atom is 0.410 e. The molecule has 198 valence electrons. The molecule has 4 heterocycles. The highest BCUT2D eigenvalue weighted by Crippen LogP contribution is 2.29. The molecule has 1 aromatic carbocycles. The van der Waals surface area contributed by atoms with Crippen LogP contribution < -0.4 is 10.2 Å². The van der Waals surface area contributed by atoms with E-state index in [0.717, 1.165) is 32.3 Å². The summed E-state index contributed by atoms with van der Waals surface area (Å²) in [7, 11) is 0. The monoisotopic (exact) mass is 551 g/mol. The number of amides is 1. The minimum absolute atomic E-state index is 0.277. The van der Waals surface area contributed by atoms with Crippen molar-refractivity contribution in [2.24, 2.45) is 0 Å². The number of rotatable bonds is 5. The number of piperazine rings is 1. The molecule has 0 spiro atoms. The number of aromatic nitrogens is 4. The minimum atomic E-state index is -0.505. The number of thiazole rings is 1. The summed E-state index contributed by atoms with van der Waals surface area (Å²) in [6.45, 7) is 9.98. The van der Waals surface area contributed by atoms with Gasteiger partial charge in [0.2, 0.25) is 0 Å². The molecule has 0 atom stereocenters. The van der Waals surface area contributed by atoms with Crippen molar-refractivity contribution >= 4 is 68.9 Å². The van der Waals surface area contributed by atoms with Crippen LogP contribution in [0.3, 0.4) is 0 Å². The maximum atomic E-state index is 12.4. The SMILES string of the molecule is Cc1nc(Nc2ncc(/C=C/c3ccc(Cl)c4[nH]ccc34)s2)cc(N2CCN(C(=O)OC(C)(C)C)CC2)n1. The van der Waals surface area contributed by atoms with Crippen LogP contribution in [0.25, 0.3) is 23.1 Å². The third-order valence-corrected chi connectivity index (χ3v) is 7.16. The number of ether oxygens (including phenoxy) is 1. The van der Waals surface area contributed by atoms with Crippen molar-refractivity contribution in [1.29, 1.82) is 0 Å². The summed E-state index contributed by atoms with van der Waals surface area (Å²) in [5, 5.41) is 5.84. The number of benzene rings is 1. The summed E-state index contributed by atoms with van der Waals surface area (Å²) in [6, 6.07) is 7.84. The van der Waals surface area contributed by atoms with Gasteiger partial charge in [-0.2, -0.15) is 0 Å². The van der Waals surface area contributed by atoms with Crippen LogP contribution in [0.15, 0.2) is 36.7 Å². The number of nitrogens with zero attached hydrogens (tertiary/aromatic N) is 5. The van der Waals surface area contributed by atoms with E-state index in [2.05, 4.69) is 36.2 Å². The average molecular weight is 552 g/mol. The lowest BCUT2D eigenvalue weighted by Gasteiger charge is -2.36. The second-order valence-corrected chi connectivity index (χ2v) is 11.5. The second-order valence-electron chi connectivity index (χ2n) is 10.0. The maximum absolute atomic E-state index is 12.4. The molecule has 9 nitrogen and oxygen atoms in total. The van der Waals surface area contributed by atoms with Gasteiger partial charge in [0, 0.05) is 54.9 Å². The molecule has 1 amide bonds. The van der Waals surface area contributed by atoms with Gasteiger partial charge in [-0.15, -0.1) is 0 Å². The van der Waals surface area contributed by atoms with Gasteiger partial charge in [0.05, 0.1) is 10.5 Å². The molecular formula is C27H30ClN7O2S. The summed E-state index contributed by atoms with van der Waals surface area (Å²) in [5.41, 5.74) is 1.51. The van der Waals surface area contributed by atoms with Crippen molar-refractivity contribution in [1.82, 2.24) is 24.8 Å². The van der Waals surface area contributed by atoms with Gasteiger partial charge in [0.15, 0.2) is 5.13 Å². The van der Waals surface area contributed by atoms with Crippen LogP contribution in [-0.4, -0.2) is 62.7 Å². The Morgan fingerprint density at radius 3 is 2.71 bits per heavy atom. The molecule has 1 aliphatic rings. The van der Waals surface area contributed by atoms with Crippen LogP contribution in [0.5, 0.6) is 0 Å². The number of fused-ring (bicyclic) bond motifs is 1. The van der Waals surface area contributed by atoms with Crippen LogP contribution >= 0.6 is 22.9 Å². The van der Waals surface area contributed by atoms with Crippen molar-refractivity contribution in [2.45, 2.75) is 33.3 Å². The fourth-order valence-corrected chi connectivity index (χ4v) is 5.16. The molecule has 4 aromatic rings. The first-order chi connectivity index (χ1) is 18.1. The molecule has 1 saturated heterocycles. The van der Waals surface area contributed by atoms with E-state index in [-0.39, 0.29) is 6.09 Å². The van der Waals surface area contributed by atoms with E-state index in [1.165, 1.54) is 11.3 Å². The molecule has 1 fully saturated rings. The number of hydrogen-bond donors (Lipinski definition) is 2. The van der Waals surface area contributed by atoms with Crippen LogP contribution in [0.1, 0.15) is 37.0 Å². The molecule has 38 heavy (non-hydrogen) atoms. The molecule has 5 rings (SSSR count). The number of halogens is 1. The van der Waals surface area contributed by atoms with Gasteiger partial charge in [-0.3, -0.25) is 0 Å². The highest BCUT2D eigenvalue weighted by molar-refractivity contribution is 7.16. The highest BCUT2D eigenvalue weighted by Gasteiger charge is 2.26. The Kier molecular flexibility index (Phi) is 7.27. The predicted octanol–water partition coefficient (Wildman–Crippen LogP) is 6.35. The molecule has 0 radical (unpaired) electrons. The molecule has 0 bridgehead atoms. The summed E-state index contributed by atoms with van der Waals surface area (Å²) in [5.74, 6) is 2.16. The van der Waals surface area contributed by atoms with Crippen LogP contribution in [0.2, 0.25) is 5.02 Å². The number of aryl methyl sites for hydroxylation is 1. The normalized spacial score (nSPS) is 14.4. The number of carbonyl (C=O) groups is 1. The minimum Gasteiger partial charge on any atom is -0.444 e. The first-order valence-electron chi connectivity index (χ1n) is 12.4. The molecule has 0 aliphatic carbocycles. The van der Waals surface area contributed by atoms with Crippen molar-refractivity contribution < 1.29 is 9.53 Å². The third-order valence-electron chi connectivity index (χ3n) is 5.97. The Hall–Kier alpha value is -3.63. The zero-order valence-corrected chi connectivity index (χ0v) is 23.4. The summed E-state index contributed by atoms with van der Waals surface area (Å²) >= 11 is 7.81.